The van der Waals surface area contributed by atoms with Crippen molar-refractivity contribution in [1.82, 2.24) is 10.6 Å². The Morgan fingerprint density at radius 3 is 2.38 bits per heavy atom. The second kappa shape index (κ2) is 8.71. The third kappa shape index (κ3) is 4.72. The number of nitrogens with one attached hydrogen (secondary N) is 2. The Morgan fingerprint density at radius 2 is 1.93 bits per heavy atom. The molecule has 7 nitrogen and oxygen atoms in total. The normalized spacial score (nSPS) is 21.0. The fourth-order valence-corrected chi connectivity index (χ4v) is 3.93. The quantitative estimate of drug-likeness (QED) is 0.483. The van der Waals surface area contributed by atoms with Crippen LogP contribution in [-0.2, 0) is 9.59 Å². The maximum Gasteiger partial charge on any atom is 0.475 e. The van der Waals surface area contributed by atoms with E-state index < -0.39 is 24.6 Å². The molecule has 3 rings (SSSR count). The molecule has 1 saturated heterocycles. The molecular formula is C20H29BFN3O4. The van der Waals surface area contributed by atoms with Crippen molar-refractivity contribution in [2.75, 3.05) is 11.4 Å². The predicted molar refractivity (Wildman–Crippen MR) is 108 cm³/mol. The first kappa shape index (κ1) is 21.6. The highest BCUT2D eigenvalue weighted by molar-refractivity contribution is 6.43. The van der Waals surface area contributed by atoms with Gasteiger partial charge in [0.1, 0.15) is 17.4 Å². The largest absolute Gasteiger partial charge is 0.475 e. The Labute approximate surface area is 170 Å². The lowest BCUT2D eigenvalue weighted by Crippen LogP contribution is -2.68. The van der Waals surface area contributed by atoms with Gasteiger partial charge in [0.2, 0.25) is 11.8 Å². The van der Waals surface area contributed by atoms with Crippen LogP contribution in [-0.4, -0.2) is 53.0 Å². The first-order chi connectivity index (χ1) is 13.7. The van der Waals surface area contributed by atoms with E-state index in [1.165, 1.54) is 12.1 Å². The molecule has 2 aliphatic rings. The summed E-state index contributed by atoms with van der Waals surface area (Å²) in [5.41, 5.74) is -0.240. The number of nitrogens with zero attached hydrogens (tertiary/aromatic N) is 1. The minimum Gasteiger partial charge on any atom is -0.426 e. The highest BCUT2D eigenvalue weighted by Crippen LogP contribution is 2.34. The molecular weight excluding hydrogens is 376 g/mol. The number of carbonyl (C=O) groups is 2. The molecule has 1 aromatic rings. The zero-order valence-corrected chi connectivity index (χ0v) is 16.9. The van der Waals surface area contributed by atoms with E-state index in [1.807, 2.05) is 18.7 Å². The van der Waals surface area contributed by atoms with Gasteiger partial charge in [-0.05, 0) is 62.3 Å². The second-order valence-electron chi connectivity index (χ2n) is 8.52. The summed E-state index contributed by atoms with van der Waals surface area (Å²) in [4.78, 5) is 27.7. The Hall–Kier alpha value is -2.13. The molecule has 29 heavy (non-hydrogen) atoms. The van der Waals surface area contributed by atoms with Crippen molar-refractivity contribution in [2.45, 2.75) is 63.5 Å². The number of halogens is 1. The Bertz CT molecular complexity index is 740. The zero-order chi connectivity index (χ0) is 21.2. The van der Waals surface area contributed by atoms with Crippen LogP contribution in [0.15, 0.2) is 24.3 Å². The van der Waals surface area contributed by atoms with Crippen LogP contribution in [0.25, 0.3) is 0 Å². The summed E-state index contributed by atoms with van der Waals surface area (Å²) in [6.07, 6.45) is 2.94. The van der Waals surface area contributed by atoms with E-state index in [0.29, 0.717) is 32.2 Å². The number of carbonyl (C=O) groups excluding carboxylic acids is 2. The van der Waals surface area contributed by atoms with Gasteiger partial charge >= 0.3 is 7.12 Å². The van der Waals surface area contributed by atoms with Gasteiger partial charge in [-0.1, -0.05) is 13.8 Å². The smallest absolute Gasteiger partial charge is 0.426 e. The maximum atomic E-state index is 13.2. The van der Waals surface area contributed by atoms with Gasteiger partial charge in [-0.25, -0.2) is 4.39 Å². The van der Waals surface area contributed by atoms with Crippen LogP contribution in [0.3, 0.4) is 0 Å². The molecule has 2 atom stereocenters. The zero-order valence-electron chi connectivity index (χ0n) is 16.9. The molecule has 0 unspecified atom stereocenters. The average molecular weight is 405 g/mol. The molecule has 1 aromatic carbocycles. The lowest BCUT2D eigenvalue weighted by atomic mass is 9.72. The second-order valence-corrected chi connectivity index (χ2v) is 8.52. The van der Waals surface area contributed by atoms with Crippen LogP contribution < -0.4 is 15.5 Å². The number of hydrogen-bond acceptors (Lipinski definition) is 5. The molecule has 1 aliphatic heterocycles. The number of anilines is 1. The minimum atomic E-state index is -1.66. The van der Waals surface area contributed by atoms with Crippen LogP contribution in [0.2, 0.25) is 0 Å². The van der Waals surface area contributed by atoms with E-state index in [-0.39, 0.29) is 23.5 Å². The van der Waals surface area contributed by atoms with Gasteiger partial charge < -0.3 is 25.6 Å². The van der Waals surface area contributed by atoms with Gasteiger partial charge in [-0.15, -0.1) is 0 Å². The number of benzene rings is 1. The van der Waals surface area contributed by atoms with Crippen LogP contribution in [0.1, 0.15) is 46.0 Å². The monoisotopic (exact) mass is 405 g/mol. The molecule has 0 spiro atoms. The molecule has 0 bridgehead atoms. The lowest BCUT2D eigenvalue weighted by molar-refractivity contribution is -0.138. The molecule has 158 valence electrons. The molecule has 9 heteroatoms. The molecule has 2 fully saturated rings. The van der Waals surface area contributed by atoms with Gasteiger partial charge in [0.15, 0.2) is 0 Å². The fraction of sp³-hybridized carbons (Fsp3) is 0.600. The van der Waals surface area contributed by atoms with Crippen molar-refractivity contribution in [2.24, 2.45) is 5.92 Å². The van der Waals surface area contributed by atoms with Gasteiger partial charge in [0, 0.05) is 12.2 Å². The van der Waals surface area contributed by atoms with Gasteiger partial charge in [0.25, 0.3) is 0 Å². The highest BCUT2D eigenvalue weighted by Gasteiger charge is 2.48. The fourth-order valence-electron chi connectivity index (χ4n) is 3.93. The molecule has 2 amide bonds. The first-order valence-electron chi connectivity index (χ1n) is 10.2. The Kier molecular flexibility index (Phi) is 6.48. The van der Waals surface area contributed by atoms with Crippen LogP contribution >= 0.6 is 0 Å². The molecule has 0 aromatic heterocycles. The highest BCUT2D eigenvalue weighted by atomic mass is 19.1. The van der Waals surface area contributed by atoms with Crippen molar-refractivity contribution in [3.05, 3.63) is 30.1 Å². The van der Waals surface area contributed by atoms with Gasteiger partial charge in [-0.3, -0.25) is 9.59 Å². The topological polar surface area (TPSA) is 102 Å². The molecule has 1 saturated carbocycles. The van der Waals surface area contributed by atoms with E-state index in [9.17, 15) is 24.0 Å². The van der Waals surface area contributed by atoms with Crippen LogP contribution in [0.4, 0.5) is 10.1 Å². The third-order valence-electron chi connectivity index (χ3n) is 5.89. The first-order valence-corrected chi connectivity index (χ1v) is 10.2. The minimum absolute atomic E-state index is 0.174. The number of rotatable bonds is 8. The van der Waals surface area contributed by atoms with E-state index in [1.54, 1.807) is 12.1 Å². The lowest BCUT2D eigenvalue weighted by Gasteiger charge is -2.46. The summed E-state index contributed by atoms with van der Waals surface area (Å²) in [6.45, 7) is 4.56. The summed E-state index contributed by atoms with van der Waals surface area (Å²) in [5, 5.41) is 24.8. The molecule has 1 aliphatic carbocycles. The number of hydrogen-bond donors (Lipinski definition) is 4. The summed E-state index contributed by atoms with van der Waals surface area (Å²) in [5.74, 6) is -1.55. The van der Waals surface area contributed by atoms with Crippen LogP contribution in [0.5, 0.6) is 0 Å². The summed E-state index contributed by atoms with van der Waals surface area (Å²) < 4.78 is 13.2. The van der Waals surface area contributed by atoms with E-state index >= 15 is 0 Å². The number of amides is 2. The van der Waals surface area contributed by atoms with Crippen molar-refractivity contribution < 1.29 is 24.0 Å². The van der Waals surface area contributed by atoms with E-state index in [4.69, 9.17) is 0 Å². The van der Waals surface area contributed by atoms with Crippen molar-refractivity contribution in [3.63, 3.8) is 0 Å². The van der Waals surface area contributed by atoms with Gasteiger partial charge in [-0.2, -0.15) is 0 Å². The predicted octanol–water partition coefficient (Wildman–Crippen LogP) is 0.986. The Balaban J connectivity index is 1.64. The third-order valence-corrected chi connectivity index (χ3v) is 5.89. The standard InChI is InChI=1S/C20H29BFN3O4/c1-13(2)12-17(21(28)29)23-19(27)20(9-3-10-20)24-18(26)16-8-11-25(16)15-6-4-14(22)5-7-15/h4-7,13,16-17,28-29H,3,8-12H2,1-2H3,(H,23,27)(H,24,26)/t16-,17-/m0/s1. The SMILES string of the molecule is CC(C)C[C@H](NC(=O)C1(NC(=O)[C@@H]2CCN2c2ccc(F)cc2)CCC1)B(O)O. The van der Waals surface area contributed by atoms with E-state index in [2.05, 4.69) is 10.6 Å². The average Bonchev–Trinajstić information content (AvgIpc) is 2.57. The maximum absolute atomic E-state index is 13.2. The van der Waals surface area contributed by atoms with Gasteiger partial charge in [0.05, 0.1) is 5.94 Å². The molecule has 0 radical (unpaired) electrons. The molecule has 1 heterocycles. The molecule has 4 N–H and O–H groups in total. The summed E-state index contributed by atoms with van der Waals surface area (Å²) >= 11 is 0. The van der Waals surface area contributed by atoms with Crippen molar-refractivity contribution in [3.8, 4) is 0 Å². The van der Waals surface area contributed by atoms with Crippen molar-refractivity contribution >= 4 is 24.6 Å². The summed E-state index contributed by atoms with van der Waals surface area (Å²) in [7, 11) is -1.66. The Morgan fingerprint density at radius 1 is 1.28 bits per heavy atom. The van der Waals surface area contributed by atoms with Crippen molar-refractivity contribution in [1.29, 1.82) is 0 Å². The summed E-state index contributed by atoms with van der Waals surface area (Å²) in [6, 6.07) is 5.59. The van der Waals surface area contributed by atoms with Crippen LogP contribution in [0, 0.1) is 11.7 Å². The van der Waals surface area contributed by atoms with E-state index in [0.717, 1.165) is 12.1 Å².